The van der Waals surface area contributed by atoms with Gasteiger partial charge in [0.2, 0.25) is 0 Å². The van der Waals surface area contributed by atoms with Gasteiger partial charge in [-0.15, -0.1) is 0 Å². The van der Waals surface area contributed by atoms with Crippen LogP contribution in [0.3, 0.4) is 0 Å². The highest BCUT2D eigenvalue weighted by atomic mass is 15.3. The highest BCUT2D eigenvalue weighted by Crippen LogP contribution is 2.29. The first-order chi connectivity index (χ1) is 9.65. The molecule has 0 saturated carbocycles. The Kier molecular flexibility index (Phi) is 3.57. The van der Waals surface area contributed by atoms with Crippen molar-refractivity contribution in [2.24, 2.45) is 11.7 Å². The maximum Gasteiger partial charge on any atom is 0.138 e. The second-order valence-electron chi connectivity index (χ2n) is 6.02. The van der Waals surface area contributed by atoms with Crippen LogP contribution in [0.4, 0.5) is 0 Å². The van der Waals surface area contributed by atoms with Gasteiger partial charge in [0.15, 0.2) is 0 Å². The first-order valence-electron chi connectivity index (χ1n) is 7.36. The van der Waals surface area contributed by atoms with Gasteiger partial charge >= 0.3 is 0 Å². The second-order valence-corrected chi connectivity index (χ2v) is 6.02. The van der Waals surface area contributed by atoms with Gasteiger partial charge in [-0.2, -0.15) is 5.10 Å². The van der Waals surface area contributed by atoms with Crippen LogP contribution in [-0.4, -0.2) is 20.8 Å². The van der Waals surface area contributed by atoms with E-state index in [1.807, 2.05) is 4.68 Å². The summed E-state index contributed by atoms with van der Waals surface area (Å²) in [7, 11) is 0. The largest absolute Gasteiger partial charge is 0.327 e. The Labute approximate surface area is 120 Å². The Morgan fingerprint density at radius 1 is 1.25 bits per heavy atom. The van der Waals surface area contributed by atoms with Crippen molar-refractivity contribution in [2.45, 2.75) is 45.2 Å². The van der Waals surface area contributed by atoms with Crippen molar-refractivity contribution in [2.75, 3.05) is 0 Å². The van der Waals surface area contributed by atoms with E-state index in [2.05, 4.69) is 48.2 Å². The molecule has 4 heteroatoms. The summed E-state index contributed by atoms with van der Waals surface area (Å²) in [6.07, 6.45) is 4.61. The van der Waals surface area contributed by atoms with Crippen LogP contribution >= 0.6 is 0 Å². The molecule has 0 aliphatic heterocycles. The van der Waals surface area contributed by atoms with Crippen LogP contribution in [0.2, 0.25) is 0 Å². The summed E-state index contributed by atoms with van der Waals surface area (Å²) in [5, 5.41) is 4.28. The van der Waals surface area contributed by atoms with Gasteiger partial charge in [-0.25, -0.2) is 9.67 Å². The van der Waals surface area contributed by atoms with Crippen LogP contribution < -0.4 is 5.73 Å². The van der Waals surface area contributed by atoms with Crippen molar-refractivity contribution in [1.82, 2.24) is 14.8 Å². The summed E-state index contributed by atoms with van der Waals surface area (Å²) in [5.74, 6) is 1.52. The molecule has 1 aliphatic carbocycles. The van der Waals surface area contributed by atoms with Crippen LogP contribution in [-0.2, 0) is 19.3 Å². The van der Waals surface area contributed by atoms with E-state index >= 15 is 0 Å². The molecular weight excluding hydrogens is 248 g/mol. The molecule has 0 radical (unpaired) electrons. The Balaban J connectivity index is 1.69. The van der Waals surface area contributed by atoms with E-state index in [1.54, 1.807) is 6.33 Å². The van der Waals surface area contributed by atoms with E-state index < -0.39 is 0 Å². The van der Waals surface area contributed by atoms with Crippen LogP contribution in [0.5, 0.6) is 0 Å². The molecule has 1 unspecified atom stereocenters. The quantitative estimate of drug-likeness (QED) is 0.926. The number of benzene rings is 1. The number of rotatable bonds is 4. The van der Waals surface area contributed by atoms with Gasteiger partial charge in [0.25, 0.3) is 0 Å². The minimum atomic E-state index is 0.143. The molecular formula is C16H22N4. The molecule has 0 spiro atoms. The van der Waals surface area contributed by atoms with E-state index in [0.717, 1.165) is 25.1 Å². The number of nitrogens with two attached hydrogens (primary N) is 1. The summed E-state index contributed by atoms with van der Waals surface area (Å²) in [6.45, 7) is 4.24. The average Bonchev–Trinajstić information content (AvgIpc) is 3.03. The zero-order chi connectivity index (χ0) is 14.1. The molecule has 4 nitrogen and oxygen atoms in total. The van der Waals surface area contributed by atoms with E-state index in [0.29, 0.717) is 12.0 Å². The van der Waals surface area contributed by atoms with Crippen LogP contribution in [0.15, 0.2) is 30.6 Å². The lowest BCUT2D eigenvalue weighted by molar-refractivity contribution is 0.411. The standard InChI is InChI=1S/C16H22N4/c1-11(2)20-16(18-10-19-20)9-15(17)14-7-12-5-3-4-6-13(12)8-14/h3-6,10-11,14-15H,7-9,17H2,1-2H3. The molecule has 20 heavy (non-hydrogen) atoms. The molecule has 1 aliphatic rings. The van der Waals surface area contributed by atoms with Gasteiger partial charge < -0.3 is 5.73 Å². The first kappa shape index (κ1) is 13.3. The Bertz CT molecular complexity index is 563. The number of nitrogens with zero attached hydrogens (tertiary/aromatic N) is 3. The van der Waals surface area contributed by atoms with Gasteiger partial charge in [0.1, 0.15) is 12.2 Å². The fourth-order valence-corrected chi connectivity index (χ4v) is 3.12. The van der Waals surface area contributed by atoms with Crippen molar-refractivity contribution in [3.63, 3.8) is 0 Å². The van der Waals surface area contributed by atoms with E-state index in [1.165, 1.54) is 11.1 Å². The minimum absolute atomic E-state index is 0.143. The summed E-state index contributed by atoms with van der Waals surface area (Å²) >= 11 is 0. The lowest BCUT2D eigenvalue weighted by Gasteiger charge is -2.19. The summed E-state index contributed by atoms with van der Waals surface area (Å²) in [6, 6.07) is 9.14. The molecule has 1 aromatic carbocycles. The number of fused-ring (bicyclic) bond motifs is 1. The van der Waals surface area contributed by atoms with Gasteiger partial charge in [0, 0.05) is 18.5 Å². The number of hydrogen-bond donors (Lipinski definition) is 1. The Morgan fingerprint density at radius 3 is 2.50 bits per heavy atom. The topological polar surface area (TPSA) is 56.7 Å². The molecule has 0 bridgehead atoms. The molecule has 2 aromatic rings. The van der Waals surface area contributed by atoms with Crippen molar-refractivity contribution in [1.29, 1.82) is 0 Å². The summed E-state index contributed by atoms with van der Waals surface area (Å²) in [5.41, 5.74) is 9.35. The molecule has 1 heterocycles. The molecule has 1 atom stereocenters. The molecule has 3 rings (SSSR count). The molecule has 0 saturated heterocycles. The zero-order valence-corrected chi connectivity index (χ0v) is 12.2. The Hall–Kier alpha value is -1.68. The zero-order valence-electron chi connectivity index (χ0n) is 12.2. The smallest absolute Gasteiger partial charge is 0.138 e. The van der Waals surface area contributed by atoms with Crippen LogP contribution in [0.25, 0.3) is 0 Å². The van der Waals surface area contributed by atoms with Crippen molar-refractivity contribution >= 4 is 0 Å². The van der Waals surface area contributed by atoms with Crippen molar-refractivity contribution in [3.05, 3.63) is 47.5 Å². The summed E-state index contributed by atoms with van der Waals surface area (Å²) in [4.78, 5) is 4.37. The van der Waals surface area contributed by atoms with Crippen molar-refractivity contribution < 1.29 is 0 Å². The monoisotopic (exact) mass is 270 g/mol. The molecule has 1 aromatic heterocycles. The lowest BCUT2D eigenvalue weighted by Crippen LogP contribution is -2.34. The average molecular weight is 270 g/mol. The maximum atomic E-state index is 6.44. The maximum absolute atomic E-state index is 6.44. The first-order valence-corrected chi connectivity index (χ1v) is 7.36. The van der Waals surface area contributed by atoms with Crippen molar-refractivity contribution in [3.8, 4) is 0 Å². The van der Waals surface area contributed by atoms with Crippen LogP contribution in [0.1, 0.15) is 36.8 Å². The van der Waals surface area contributed by atoms with E-state index in [9.17, 15) is 0 Å². The normalized spacial score (nSPS) is 16.6. The summed E-state index contributed by atoms with van der Waals surface area (Å²) < 4.78 is 1.97. The highest BCUT2D eigenvalue weighted by molar-refractivity contribution is 5.32. The third-order valence-electron chi connectivity index (χ3n) is 4.24. The van der Waals surface area contributed by atoms with Gasteiger partial charge in [-0.3, -0.25) is 0 Å². The SMILES string of the molecule is CC(C)n1ncnc1CC(N)C1Cc2ccccc2C1. The third kappa shape index (κ3) is 2.48. The predicted molar refractivity (Wildman–Crippen MR) is 79.4 cm³/mol. The lowest BCUT2D eigenvalue weighted by atomic mass is 9.94. The number of hydrogen-bond acceptors (Lipinski definition) is 3. The minimum Gasteiger partial charge on any atom is -0.327 e. The van der Waals surface area contributed by atoms with Crippen LogP contribution in [0, 0.1) is 5.92 Å². The highest BCUT2D eigenvalue weighted by Gasteiger charge is 2.27. The third-order valence-corrected chi connectivity index (χ3v) is 4.24. The number of aromatic nitrogens is 3. The second kappa shape index (κ2) is 5.37. The predicted octanol–water partition coefficient (Wildman–Crippen LogP) is 2.14. The van der Waals surface area contributed by atoms with E-state index in [4.69, 9.17) is 5.73 Å². The fraction of sp³-hybridized carbons (Fsp3) is 0.500. The molecule has 106 valence electrons. The van der Waals surface area contributed by atoms with Gasteiger partial charge in [-0.05, 0) is 43.7 Å². The van der Waals surface area contributed by atoms with Gasteiger partial charge in [0.05, 0.1) is 0 Å². The molecule has 0 fully saturated rings. The Morgan fingerprint density at radius 2 is 1.90 bits per heavy atom. The van der Waals surface area contributed by atoms with Gasteiger partial charge in [-0.1, -0.05) is 24.3 Å². The van der Waals surface area contributed by atoms with E-state index in [-0.39, 0.29) is 6.04 Å². The molecule has 0 amide bonds. The molecule has 2 N–H and O–H groups in total. The fourth-order valence-electron chi connectivity index (χ4n) is 3.12.